The summed E-state index contributed by atoms with van der Waals surface area (Å²) in [6.45, 7) is 6.31. The number of nitrogens with zero attached hydrogens (tertiary/aromatic N) is 2. The van der Waals surface area contributed by atoms with E-state index < -0.39 is 0 Å². The Morgan fingerprint density at radius 2 is 2.33 bits per heavy atom. The van der Waals surface area contributed by atoms with Crippen LogP contribution in [0.2, 0.25) is 0 Å². The summed E-state index contributed by atoms with van der Waals surface area (Å²) in [4.78, 5) is 17.7. The average molecular weight is 205 g/mol. The van der Waals surface area contributed by atoms with Gasteiger partial charge in [0.1, 0.15) is 5.82 Å². The van der Waals surface area contributed by atoms with Crippen molar-refractivity contribution in [2.45, 2.75) is 26.8 Å². The van der Waals surface area contributed by atoms with Gasteiger partial charge in [0.2, 0.25) is 5.91 Å². The van der Waals surface area contributed by atoms with Crippen LogP contribution in [0, 0.1) is 6.92 Å². The van der Waals surface area contributed by atoms with E-state index in [4.69, 9.17) is 0 Å². The fraction of sp³-hybridized carbons (Fsp3) is 0.455. The van der Waals surface area contributed by atoms with Gasteiger partial charge in [-0.3, -0.25) is 4.79 Å². The first-order valence-electron chi connectivity index (χ1n) is 5.11. The number of aryl methyl sites for hydroxylation is 1. The molecule has 0 bridgehead atoms. The van der Waals surface area contributed by atoms with E-state index in [1.807, 2.05) is 26.0 Å². The molecule has 0 spiro atoms. The number of carbonyl (C=O) groups excluding carboxylic acids is 1. The van der Waals surface area contributed by atoms with E-state index >= 15 is 0 Å². The number of anilines is 2. The lowest BCUT2D eigenvalue weighted by Crippen LogP contribution is -2.45. The number of amides is 1. The molecule has 2 rings (SSSR count). The summed E-state index contributed by atoms with van der Waals surface area (Å²) in [6.07, 6.45) is 0. The fourth-order valence-corrected chi connectivity index (χ4v) is 1.93. The van der Waals surface area contributed by atoms with Gasteiger partial charge in [-0.15, -0.1) is 0 Å². The molecular weight excluding hydrogens is 190 g/mol. The van der Waals surface area contributed by atoms with Crippen molar-refractivity contribution in [2.24, 2.45) is 0 Å². The van der Waals surface area contributed by atoms with E-state index in [1.54, 1.807) is 11.8 Å². The van der Waals surface area contributed by atoms with Gasteiger partial charge in [0.05, 0.1) is 11.7 Å². The molecule has 0 fully saturated rings. The van der Waals surface area contributed by atoms with Crippen LogP contribution in [0.5, 0.6) is 0 Å². The molecule has 0 unspecified atom stereocenters. The van der Waals surface area contributed by atoms with Gasteiger partial charge in [-0.1, -0.05) is 0 Å². The number of nitrogens with one attached hydrogen (secondary N) is 1. The molecule has 1 aromatic rings. The Hall–Kier alpha value is -1.58. The van der Waals surface area contributed by atoms with Crippen LogP contribution in [0.3, 0.4) is 0 Å². The summed E-state index contributed by atoms with van der Waals surface area (Å²) < 4.78 is 0. The Morgan fingerprint density at radius 3 is 3.00 bits per heavy atom. The molecule has 1 atom stereocenters. The first-order valence-corrected chi connectivity index (χ1v) is 5.11. The predicted octanol–water partition coefficient (Wildman–Crippen LogP) is 1.56. The maximum atomic E-state index is 11.5. The third-order valence-corrected chi connectivity index (χ3v) is 2.62. The lowest BCUT2D eigenvalue weighted by molar-refractivity contribution is -0.116. The van der Waals surface area contributed by atoms with Crippen molar-refractivity contribution >= 4 is 17.4 Å². The monoisotopic (exact) mass is 205 g/mol. The van der Waals surface area contributed by atoms with Crippen molar-refractivity contribution < 1.29 is 4.79 Å². The summed E-state index contributed by atoms with van der Waals surface area (Å²) in [7, 11) is 0. The summed E-state index contributed by atoms with van der Waals surface area (Å²) in [5.74, 6) is 0.874. The van der Waals surface area contributed by atoms with E-state index in [2.05, 4.69) is 10.3 Å². The molecule has 0 aliphatic carbocycles. The number of hydrogen-bond acceptors (Lipinski definition) is 3. The van der Waals surface area contributed by atoms with Crippen molar-refractivity contribution in [3.63, 3.8) is 0 Å². The topological polar surface area (TPSA) is 45.2 Å². The van der Waals surface area contributed by atoms with E-state index in [0.717, 1.165) is 23.7 Å². The first kappa shape index (κ1) is 9.96. The molecule has 15 heavy (non-hydrogen) atoms. The van der Waals surface area contributed by atoms with Crippen LogP contribution < -0.4 is 10.2 Å². The number of pyridine rings is 1. The van der Waals surface area contributed by atoms with Crippen LogP contribution in [0.15, 0.2) is 12.1 Å². The maximum Gasteiger partial charge on any atom is 0.224 e. The Bertz CT molecular complexity index is 403. The highest BCUT2D eigenvalue weighted by Crippen LogP contribution is 2.29. The number of fused-ring (bicyclic) bond motifs is 1. The Kier molecular flexibility index (Phi) is 2.34. The molecule has 0 aromatic carbocycles. The first-order chi connectivity index (χ1) is 7.09. The molecular formula is C11H15N3O. The summed E-state index contributed by atoms with van der Waals surface area (Å²) in [5, 5.41) is 3.23. The Balaban J connectivity index is 2.48. The second-order valence-electron chi connectivity index (χ2n) is 3.94. The molecule has 1 aliphatic rings. The Labute approximate surface area is 89.3 Å². The predicted molar refractivity (Wildman–Crippen MR) is 60.1 cm³/mol. The van der Waals surface area contributed by atoms with Crippen molar-refractivity contribution in [2.75, 3.05) is 16.8 Å². The second-order valence-corrected chi connectivity index (χ2v) is 3.94. The van der Waals surface area contributed by atoms with Gasteiger partial charge in [-0.25, -0.2) is 4.98 Å². The summed E-state index contributed by atoms with van der Waals surface area (Å²) >= 11 is 0. The minimum absolute atomic E-state index is 0.0657. The van der Waals surface area contributed by atoms with E-state index in [-0.39, 0.29) is 11.9 Å². The van der Waals surface area contributed by atoms with Crippen molar-refractivity contribution in [1.29, 1.82) is 0 Å². The second kappa shape index (κ2) is 3.53. The van der Waals surface area contributed by atoms with Crippen LogP contribution in [0.25, 0.3) is 0 Å². The van der Waals surface area contributed by atoms with Gasteiger partial charge in [0.25, 0.3) is 0 Å². The molecule has 4 nitrogen and oxygen atoms in total. The van der Waals surface area contributed by atoms with Gasteiger partial charge in [0.15, 0.2) is 0 Å². The summed E-state index contributed by atoms with van der Waals surface area (Å²) in [6, 6.07) is 4.05. The molecule has 0 saturated heterocycles. The zero-order valence-electron chi connectivity index (χ0n) is 9.24. The third kappa shape index (κ3) is 1.67. The van der Waals surface area contributed by atoms with Crippen LogP contribution in [0.4, 0.5) is 11.5 Å². The van der Waals surface area contributed by atoms with Gasteiger partial charge in [-0.05, 0) is 26.0 Å². The lowest BCUT2D eigenvalue weighted by Gasteiger charge is -2.34. The molecule has 0 saturated carbocycles. The number of carbonyl (C=O) groups is 1. The van der Waals surface area contributed by atoms with Crippen LogP contribution in [-0.2, 0) is 4.79 Å². The molecule has 1 N–H and O–H groups in total. The molecule has 0 radical (unpaired) electrons. The zero-order chi connectivity index (χ0) is 11.0. The van der Waals surface area contributed by atoms with Crippen molar-refractivity contribution in [1.82, 2.24) is 4.98 Å². The van der Waals surface area contributed by atoms with Crippen LogP contribution >= 0.6 is 0 Å². The molecule has 2 heterocycles. The molecule has 4 heteroatoms. The average Bonchev–Trinajstić information content (AvgIpc) is 2.17. The highest BCUT2D eigenvalue weighted by Gasteiger charge is 2.26. The normalized spacial score (nSPS) is 19.4. The molecule has 1 aliphatic heterocycles. The van der Waals surface area contributed by atoms with Crippen molar-refractivity contribution in [3.8, 4) is 0 Å². The number of rotatable bonds is 0. The highest BCUT2D eigenvalue weighted by atomic mass is 16.2. The largest absolute Gasteiger partial charge is 0.366 e. The quantitative estimate of drug-likeness (QED) is 0.699. The van der Waals surface area contributed by atoms with Gasteiger partial charge < -0.3 is 10.2 Å². The van der Waals surface area contributed by atoms with E-state index in [1.165, 1.54) is 0 Å². The van der Waals surface area contributed by atoms with Crippen LogP contribution in [-0.4, -0.2) is 23.5 Å². The lowest BCUT2D eigenvalue weighted by atomic mass is 10.1. The third-order valence-electron chi connectivity index (χ3n) is 2.62. The zero-order valence-corrected chi connectivity index (χ0v) is 9.24. The van der Waals surface area contributed by atoms with Gasteiger partial charge in [-0.2, -0.15) is 0 Å². The molecule has 1 aromatic heterocycles. The van der Waals surface area contributed by atoms with E-state index in [9.17, 15) is 4.79 Å². The SMILES string of the molecule is CC(=O)N1c2ccc(C)nc2NC[C@@H]1C. The maximum absolute atomic E-state index is 11.5. The minimum atomic E-state index is 0.0657. The molecule has 1 amide bonds. The highest BCUT2D eigenvalue weighted by molar-refractivity contribution is 5.96. The standard InChI is InChI=1S/C11H15N3O/c1-7-4-5-10-11(13-7)12-6-8(2)14(10)9(3)15/h4-5,8H,6H2,1-3H3,(H,12,13)/t8-/m0/s1. The minimum Gasteiger partial charge on any atom is -0.366 e. The fourth-order valence-electron chi connectivity index (χ4n) is 1.93. The smallest absolute Gasteiger partial charge is 0.224 e. The number of hydrogen-bond donors (Lipinski definition) is 1. The van der Waals surface area contributed by atoms with Gasteiger partial charge in [0, 0.05) is 19.2 Å². The van der Waals surface area contributed by atoms with Crippen LogP contribution in [0.1, 0.15) is 19.5 Å². The number of aromatic nitrogens is 1. The van der Waals surface area contributed by atoms with Gasteiger partial charge >= 0.3 is 0 Å². The summed E-state index contributed by atoms with van der Waals surface area (Å²) in [5.41, 5.74) is 1.84. The Morgan fingerprint density at radius 1 is 1.60 bits per heavy atom. The molecule has 80 valence electrons. The van der Waals surface area contributed by atoms with E-state index in [0.29, 0.717) is 0 Å². The van der Waals surface area contributed by atoms with Crippen molar-refractivity contribution in [3.05, 3.63) is 17.8 Å².